The van der Waals surface area contributed by atoms with E-state index in [0.717, 1.165) is 17.1 Å². The zero-order valence-electron chi connectivity index (χ0n) is 10.7. The molecule has 1 aliphatic rings. The molecule has 0 saturated carbocycles. The Kier molecular flexibility index (Phi) is 5.28. The van der Waals surface area contributed by atoms with Crippen molar-refractivity contribution in [1.29, 1.82) is 0 Å². The average molecular weight is 376 g/mol. The minimum atomic E-state index is 0.135. The lowest BCUT2D eigenvalue weighted by Gasteiger charge is -2.33. The van der Waals surface area contributed by atoms with Gasteiger partial charge in [0, 0.05) is 16.1 Å². The van der Waals surface area contributed by atoms with Crippen molar-refractivity contribution in [3.8, 4) is 0 Å². The number of ether oxygens (including phenoxy) is 1. The molecule has 0 aliphatic carbocycles. The Balaban J connectivity index is 2.16. The van der Waals surface area contributed by atoms with Gasteiger partial charge in [-0.3, -0.25) is 0 Å². The lowest BCUT2D eigenvalue weighted by atomic mass is 9.79. The molecule has 100 valence electrons. The predicted octanol–water partition coefficient (Wildman–Crippen LogP) is 4.67. The van der Waals surface area contributed by atoms with Crippen molar-refractivity contribution in [3.63, 3.8) is 0 Å². The van der Waals surface area contributed by atoms with E-state index in [2.05, 4.69) is 69.1 Å². The molecule has 0 radical (unpaired) electrons. The number of hydrogen-bond acceptors (Lipinski definition) is 1. The van der Waals surface area contributed by atoms with Gasteiger partial charge in [-0.25, -0.2) is 0 Å². The van der Waals surface area contributed by atoms with Crippen molar-refractivity contribution in [1.82, 2.24) is 0 Å². The highest BCUT2D eigenvalue weighted by Crippen LogP contribution is 2.37. The lowest BCUT2D eigenvalue weighted by molar-refractivity contribution is 0.0405. The van der Waals surface area contributed by atoms with Crippen LogP contribution in [0.2, 0.25) is 0 Å². The second-order valence-corrected chi connectivity index (χ2v) is 6.39. The van der Waals surface area contributed by atoms with Crippen molar-refractivity contribution in [3.05, 3.63) is 35.9 Å². The van der Waals surface area contributed by atoms with E-state index in [1.165, 1.54) is 18.4 Å². The molecule has 1 aromatic rings. The highest BCUT2D eigenvalue weighted by molar-refractivity contribution is 9.09. The summed E-state index contributed by atoms with van der Waals surface area (Å²) in [4.78, 5) is 0. The third-order valence-corrected chi connectivity index (χ3v) is 5.98. The van der Waals surface area contributed by atoms with Crippen molar-refractivity contribution in [2.45, 2.75) is 43.8 Å². The first-order valence-corrected chi connectivity index (χ1v) is 8.77. The predicted molar refractivity (Wildman–Crippen MR) is 83.9 cm³/mol. The van der Waals surface area contributed by atoms with E-state index in [1.54, 1.807) is 0 Å². The molecule has 0 amide bonds. The van der Waals surface area contributed by atoms with Crippen LogP contribution in [0.1, 0.15) is 31.7 Å². The maximum Gasteiger partial charge on any atom is 0.0588 e. The molecule has 0 spiro atoms. The summed E-state index contributed by atoms with van der Waals surface area (Å²) in [5.74, 6) is 0. The van der Waals surface area contributed by atoms with Crippen LogP contribution in [0.3, 0.4) is 0 Å². The van der Waals surface area contributed by atoms with Gasteiger partial charge < -0.3 is 4.74 Å². The van der Waals surface area contributed by atoms with E-state index < -0.39 is 0 Å². The van der Waals surface area contributed by atoms with Crippen LogP contribution in [0.4, 0.5) is 0 Å². The Morgan fingerprint density at radius 2 is 1.83 bits per heavy atom. The summed E-state index contributed by atoms with van der Waals surface area (Å²) in [5, 5.41) is 1.92. The van der Waals surface area contributed by atoms with Gasteiger partial charge in [-0.15, -0.1) is 0 Å². The fourth-order valence-corrected chi connectivity index (χ4v) is 4.71. The molecule has 3 heteroatoms. The van der Waals surface area contributed by atoms with Crippen LogP contribution >= 0.6 is 31.9 Å². The molecular formula is C15H20Br2O. The van der Waals surface area contributed by atoms with E-state index in [0.29, 0.717) is 12.2 Å². The van der Waals surface area contributed by atoms with E-state index in [4.69, 9.17) is 4.74 Å². The summed E-state index contributed by atoms with van der Waals surface area (Å²) in [6.45, 7) is 2.17. The highest BCUT2D eigenvalue weighted by atomic mass is 79.9. The first kappa shape index (κ1) is 14.5. The minimum absolute atomic E-state index is 0.135. The maximum absolute atomic E-state index is 6.00. The van der Waals surface area contributed by atoms with Crippen LogP contribution < -0.4 is 0 Å². The molecule has 1 fully saturated rings. The Labute approximate surface area is 127 Å². The van der Waals surface area contributed by atoms with Gasteiger partial charge in [-0.1, -0.05) is 62.2 Å². The molecule has 1 saturated heterocycles. The fourth-order valence-electron chi connectivity index (χ4n) is 2.68. The van der Waals surface area contributed by atoms with Crippen molar-refractivity contribution in [2.75, 3.05) is 10.7 Å². The number of rotatable bonds is 5. The molecule has 1 heterocycles. The molecule has 0 bridgehead atoms. The third-order valence-electron chi connectivity index (χ3n) is 3.84. The van der Waals surface area contributed by atoms with E-state index in [1.807, 2.05) is 0 Å². The molecule has 0 N–H and O–H groups in total. The van der Waals surface area contributed by atoms with Gasteiger partial charge in [0.15, 0.2) is 0 Å². The lowest BCUT2D eigenvalue weighted by Crippen LogP contribution is -2.34. The zero-order valence-corrected chi connectivity index (χ0v) is 13.9. The number of halogens is 2. The first-order chi connectivity index (χ1) is 8.70. The molecule has 1 nitrogen and oxygen atoms in total. The molecule has 1 aliphatic heterocycles. The van der Waals surface area contributed by atoms with Crippen LogP contribution in [0.25, 0.3) is 0 Å². The standard InChI is InChI=1S/C15H20Br2O/c1-12-7-8-14(18-12)9-15(10-16,11-17)13-5-3-2-4-6-13/h2-6,12,14H,7-11H2,1H3. The van der Waals surface area contributed by atoms with Crippen LogP contribution in [-0.2, 0) is 10.2 Å². The Morgan fingerprint density at radius 3 is 2.33 bits per heavy atom. The smallest absolute Gasteiger partial charge is 0.0588 e. The molecule has 2 atom stereocenters. The van der Waals surface area contributed by atoms with Gasteiger partial charge in [-0.05, 0) is 31.7 Å². The third kappa shape index (κ3) is 3.17. The summed E-state index contributed by atoms with van der Waals surface area (Å²) in [6.07, 6.45) is 4.29. The number of benzene rings is 1. The second-order valence-electron chi connectivity index (χ2n) is 5.26. The van der Waals surface area contributed by atoms with Gasteiger partial charge in [-0.2, -0.15) is 0 Å². The SMILES string of the molecule is CC1CCC(CC(CBr)(CBr)c2ccccc2)O1. The van der Waals surface area contributed by atoms with E-state index >= 15 is 0 Å². The van der Waals surface area contributed by atoms with E-state index in [9.17, 15) is 0 Å². The van der Waals surface area contributed by atoms with Crippen molar-refractivity contribution < 1.29 is 4.74 Å². The quantitative estimate of drug-likeness (QED) is 0.679. The second kappa shape index (κ2) is 6.53. The molecular weight excluding hydrogens is 356 g/mol. The maximum atomic E-state index is 6.00. The molecule has 2 rings (SSSR count). The molecule has 0 aromatic heterocycles. The topological polar surface area (TPSA) is 9.23 Å². The summed E-state index contributed by atoms with van der Waals surface area (Å²) >= 11 is 7.41. The number of alkyl halides is 2. The Morgan fingerprint density at radius 1 is 1.17 bits per heavy atom. The minimum Gasteiger partial charge on any atom is -0.375 e. The Bertz CT molecular complexity index is 362. The fraction of sp³-hybridized carbons (Fsp3) is 0.600. The molecule has 1 aromatic carbocycles. The van der Waals surface area contributed by atoms with Crippen LogP contribution in [-0.4, -0.2) is 22.9 Å². The van der Waals surface area contributed by atoms with Gasteiger partial charge in [0.1, 0.15) is 0 Å². The van der Waals surface area contributed by atoms with Crippen molar-refractivity contribution in [2.24, 2.45) is 0 Å². The molecule has 2 unspecified atom stereocenters. The van der Waals surface area contributed by atoms with Gasteiger partial charge in [0.2, 0.25) is 0 Å². The zero-order chi connectivity index (χ0) is 13.0. The number of hydrogen-bond donors (Lipinski definition) is 0. The summed E-state index contributed by atoms with van der Waals surface area (Å²) in [5.41, 5.74) is 1.53. The first-order valence-electron chi connectivity index (χ1n) is 6.53. The largest absolute Gasteiger partial charge is 0.375 e. The van der Waals surface area contributed by atoms with Crippen LogP contribution in [0, 0.1) is 0 Å². The van der Waals surface area contributed by atoms with Crippen LogP contribution in [0.15, 0.2) is 30.3 Å². The molecule has 18 heavy (non-hydrogen) atoms. The highest BCUT2D eigenvalue weighted by Gasteiger charge is 2.35. The monoisotopic (exact) mass is 374 g/mol. The van der Waals surface area contributed by atoms with Gasteiger partial charge in [0.25, 0.3) is 0 Å². The summed E-state index contributed by atoms with van der Waals surface area (Å²) in [7, 11) is 0. The summed E-state index contributed by atoms with van der Waals surface area (Å²) in [6, 6.07) is 10.8. The van der Waals surface area contributed by atoms with Gasteiger partial charge in [0.05, 0.1) is 12.2 Å². The van der Waals surface area contributed by atoms with Crippen molar-refractivity contribution >= 4 is 31.9 Å². The normalized spacial score (nSPS) is 24.4. The Hall–Kier alpha value is 0.140. The van der Waals surface area contributed by atoms with Gasteiger partial charge >= 0.3 is 0 Å². The van der Waals surface area contributed by atoms with E-state index in [-0.39, 0.29) is 5.41 Å². The average Bonchev–Trinajstić information content (AvgIpc) is 2.82. The summed E-state index contributed by atoms with van der Waals surface area (Å²) < 4.78 is 6.00. The van der Waals surface area contributed by atoms with Crippen LogP contribution in [0.5, 0.6) is 0 Å².